The molecule has 0 saturated carbocycles. The van der Waals surface area contributed by atoms with Crippen LogP contribution in [0.3, 0.4) is 0 Å². The van der Waals surface area contributed by atoms with E-state index in [1.54, 1.807) is 0 Å². The number of carboxylic acid groups (broad SMARTS) is 1. The SMILES string of the molecule is C=COCCCOC(=O)/C=C/C(=O)O. The van der Waals surface area contributed by atoms with Crippen LogP contribution in [-0.2, 0) is 19.1 Å². The summed E-state index contributed by atoms with van der Waals surface area (Å²) >= 11 is 0. The molecule has 78 valence electrons. The fraction of sp³-hybridized carbons (Fsp3) is 0.333. The first-order valence-electron chi connectivity index (χ1n) is 3.97. The maximum Gasteiger partial charge on any atom is 0.331 e. The van der Waals surface area contributed by atoms with E-state index in [1.807, 2.05) is 0 Å². The quantitative estimate of drug-likeness (QED) is 0.284. The Hall–Kier alpha value is -1.78. The summed E-state index contributed by atoms with van der Waals surface area (Å²) in [6.45, 7) is 3.94. The normalized spacial score (nSPS) is 9.71. The van der Waals surface area contributed by atoms with Crippen molar-refractivity contribution in [1.29, 1.82) is 0 Å². The molecule has 0 aliphatic rings. The number of hydrogen-bond acceptors (Lipinski definition) is 4. The lowest BCUT2D eigenvalue weighted by Crippen LogP contribution is -2.05. The van der Waals surface area contributed by atoms with Gasteiger partial charge in [0.1, 0.15) is 0 Å². The molecule has 0 aliphatic carbocycles. The second kappa shape index (κ2) is 7.85. The Kier molecular flexibility index (Phi) is 6.85. The smallest absolute Gasteiger partial charge is 0.331 e. The molecular weight excluding hydrogens is 188 g/mol. The predicted octanol–water partition coefficient (Wildman–Crippen LogP) is 0.721. The number of esters is 1. The second-order valence-corrected chi connectivity index (χ2v) is 2.23. The van der Waals surface area contributed by atoms with Crippen LogP contribution in [0.4, 0.5) is 0 Å². The first-order chi connectivity index (χ1) is 6.66. The van der Waals surface area contributed by atoms with Crippen LogP contribution in [-0.4, -0.2) is 30.3 Å². The molecule has 0 atom stereocenters. The van der Waals surface area contributed by atoms with E-state index in [2.05, 4.69) is 11.3 Å². The number of ether oxygens (including phenoxy) is 2. The molecule has 0 radical (unpaired) electrons. The maximum atomic E-state index is 10.7. The summed E-state index contributed by atoms with van der Waals surface area (Å²) < 4.78 is 9.41. The van der Waals surface area contributed by atoms with E-state index in [-0.39, 0.29) is 6.61 Å². The van der Waals surface area contributed by atoms with Crippen LogP contribution >= 0.6 is 0 Å². The van der Waals surface area contributed by atoms with E-state index in [9.17, 15) is 9.59 Å². The van der Waals surface area contributed by atoms with Gasteiger partial charge < -0.3 is 14.6 Å². The number of carbonyl (C=O) groups excluding carboxylic acids is 1. The molecule has 0 amide bonds. The van der Waals surface area contributed by atoms with E-state index in [4.69, 9.17) is 9.84 Å². The third-order valence-corrected chi connectivity index (χ3v) is 1.13. The average Bonchev–Trinajstić information content (AvgIpc) is 2.14. The molecule has 0 saturated heterocycles. The van der Waals surface area contributed by atoms with E-state index >= 15 is 0 Å². The molecule has 5 heteroatoms. The van der Waals surface area contributed by atoms with Crippen molar-refractivity contribution in [2.75, 3.05) is 13.2 Å². The van der Waals surface area contributed by atoms with Crippen LogP contribution in [0.1, 0.15) is 6.42 Å². The van der Waals surface area contributed by atoms with Gasteiger partial charge in [0.15, 0.2) is 0 Å². The first kappa shape index (κ1) is 12.2. The molecule has 0 aromatic rings. The van der Waals surface area contributed by atoms with Crippen molar-refractivity contribution in [3.63, 3.8) is 0 Å². The summed E-state index contributed by atoms with van der Waals surface area (Å²) in [6.07, 6.45) is 3.42. The summed E-state index contributed by atoms with van der Waals surface area (Å²) in [5.74, 6) is -1.86. The molecular formula is C9H12O5. The zero-order chi connectivity index (χ0) is 10.8. The van der Waals surface area contributed by atoms with Crippen molar-refractivity contribution in [2.24, 2.45) is 0 Å². The van der Waals surface area contributed by atoms with Gasteiger partial charge in [0, 0.05) is 18.6 Å². The molecule has 0 heterocycles. The van der Waals surface area contributed by atoms with Crippen LogP contribution in [0.5, 0.6) is 0 Å². The summed E-state index contributed by atoms with van der Waals surface area (Å²) in [7, 11) is 0. The van der Waals surface area contributed by atoms with Gasteiger partial charge in [-0.2, -0.15) is 0 Å². The molecule has 0 spiro atoms. The van der Waals surface area contributed by atoms with E-state index in [0.717, 1.165) is 12.2 Å². The standard InChI is InChI=1S/C9H12O5/c1-2-13-6-3-7-14-9(12)5-4-8(10)11/h2,4-5H,1,3,6-7H2,(H,10,11)/b5-4+. The van der Waals surface area contributed by atoms with E-state index in [0.29, 0.717) is 13.0 Å². The van der Waals surface area contributed by atoms with Gasteiger partial charge in [0.05, 0.1) is 19.5 Å². The Morgan fingerprint density at radius 2 is 2.00 bits per heavy atom. The van der Waals surface area contributed by atoms with Crippen LogP contribution in [0.2, 0.25) is 0 Å². The van der Waals surface area contributed by atoms with Gasteiger partial charge in [-0.05, 0) is 0 Å². The Morgan fingerprint density at radius 3 is 2.57 bits per heavy atom. The van der Waals surface area contributed by atoms with Gasteiger partial charge >= 0.3 is 11.9 Å². The summed E-state index contributed by atoms with van der Waals surface area (Å²) in [4.78, 5) is 20.7. The van der Waals surface area contributed by atoms with Crippen molar-refractivity contribution in [3.05, 3.63) is 25.0 Å². The predicted molar refractivity (Wildman–Crippen MR) is 48.5 cm³/mol. The maximum absolute atomic E-state index is 10.7. The molecule has 1 N–H and O–H groups in total. The van der Waals surface area contributed by atoms with Crippen LogP contribution in [0, 0.1) is 0 Å². The lowest BCUT2D eigenvalue weighted by Gasteiger charge is -2.01. The monoisotopic (exact) mass is 200 g/mol. The van der Waals surface area contributed by atoms with Crippen molar-refractivity contribution in [2.45, 2.75) is 6.42 Å². The topological polar surface area (TPSA) is 72.8 Å². The Bertz CT molecular complexity index is 231. The van der Waals surface area contributed by atoms with Gasteiger partial charge in [-0.15, -0.1) is 0 Å². The molecule has 14 heavy (non-hydrogen) atoms. The number of aliphatic carboxylic acids is 1. The third-order valence-electron chi connectivity index (χ3n) is 1.13. The average molecular weight is 200 g/mol. The lowest BCUT2D eigenvalue weighted by atomic mass is 10.5. The van der Waals surface area contributed by atoms with Gasteiger partial charge in [-0.3, -0.25) is 0 Å². The van der Waals surface area contributed by atoms with Crippen LogP contribution < -0.4 is 0 Å². The highest BCUT2D eigenvalue weighted by Gasteiger charge is 1.97. The number of carboxylic acids is 1. The first-order valence-corrected chi connectivity index (χ1v) is 3.97. The second-order valence-electron chi connectivity index (χ2n) is 2.23. The molecule has 0 aromatic carbocycles. The van der Waals surface area contributed by atoms with Crippen LogP contribution in [0.25, 0.3) is 0 Å². The van der Waals surface area contributed by atoms with Crippen LogP contribution in [0.15, 0.2) is 25.0 Å². The minimum atomic E-state index is -1.18. The molecule has 5 nitrogen and oxygen atoms in total. The third kappa shape index (κ3) is 8.32. The largest absolute Gasteiger partial charge is 0.502 e. The van der Waals surface area contributed by atoms with E-state index < -0.39 is 11.9 Å². The van der Waals surface area contributed by atoms with Crippen molar-refractivity contribution >= 4 is 11.9 Å². The molecule has 0 aromatic heterocycles. The highest BCUT2D eigenvalue weighted by molar-refractivity contribution is 5.90. The molecule has 0 rings (SSSR count). The van der Waals surface area contributed by atoms with Gasteiger partial charge in [-0.25, -0.2) is 9.59 Å². The molecule has 0 unspecified atom stereocenters. The minimum Gasteiger partial charge on any atom is -0.502 e. The number of rotatable bonds is 7. The van der Waals surface area contributed by atoms with Gasteiger partial charge in [0.2, 0.25) is 0 Å². The Balaban J connectivity index is 3.44. The fourth-order valence-corrected chi connectivity index (χ4v) is 0.586. The number of carbonyl (C=O) groups is 2. The summed E-state index contributed by atoms with van der Waals surface area (Å²) in [6, 6.07) is 0. The zero-order valence-corrected chi connectivity index (χ0v) is 7.64. The Labute approximate surface area is 81.6 Å². The molecule has 0 aliphatic heterocycles. The van der Waals surface area contributed by atoms with E-state index in [1.165, 1.54) is 6.26 Å². The highest BCUT2D eigenvalue weighted by atomic mass is 16.5. The number of hydrogen-bond donors (Lipinski definition) is 1. The summed E-state index contributed by atoms with van der Waals surface area (Å²) in [5, 5.41) is 8.18. The van der Waals surface area contributed by atoms with Gasteiger partial charge in [0.25, 0.3) is 0 Å². The fourth-order valence-electron chi connectivity index (χ4n) is 0.586. The molecule has 0 fully saturated rings. The van der Waals surface area contributed by atoms with Crippen molar-refractivity contribution < 1.29 is 24.2 Å². The Morgan fingerprint density at radius 1 is 1.29 bits per heavy atom. The van der Waals surface area contributed by atoms with Gasteiger partial charge in [-0.1, -0.05) is 6.58 Å². The summed E-state index contributed by atoms with van der Waals surface area (Å²) in [5.41, 5.74) is 0. The highest BCUT2D eigenvalue weighted by Crippen LogP contribution is 1.87. The van der Waals surface area contributed by atoms with Crippen molar-refractivity contribution in [3.8, 4) is 0 Å². The zero-order valence-electron chi connectivity index (χ0n) is 7.64. The lowest BCUT2D eigenvalue weighted by molar-refractivity contribution is -0.139. The molecule has 0 bridgehead atoms. The minimum absolute atomic E-state index is 0.191. The van der Waals surface area contributed by atoms with Crippen molar-refractivity contribution in [1.82, 2.24) is 0 Å².